The summed E-state index contributed by atoms with van der Waals surface area (Å²) < 4.78 is 29.0. The molecule has 9 nitrogen and oxygen atoms in total. The fourth-order valence-corrected chi connectivity index (χ4v) is 2.93. The van der Waals surface area contributed by atoms with E-state index < -0.39 is 29.6 Å². The molecule has 0 bridgehead atoms. The molecule has 2 N–H and O–H groups in total. The van der Waals surface area contributed by atoms with Crippen LogP contribution in [0.25, 0.3) is 0 Å². The fourth-order valence-electron chi connectivity index (χ4n) is 2.93. The van der Waals surface area contributed by atoms with E-state index in [1.807, 2.05) is 6.92 Å². The number of carbonyl (C=O) groups is 3. The second-order valence-corrected chi connectivity index (χ2v) is 7.67. The van der Waals surface area contributed by atoms with Crippen LogP contribution in [-0.4, -0.2) is 49.9 Å². The van der Waals surface area contributed by atoms with Crippen LogP contribution in [0.5, 0.6) is 11.5 Å². The number of ether oxygens (including phenoxy) is 3. The van der Waals surface area contributed by atoms with Gasteiger partial charge in [-0.2, -0.15) is 5.10 Å². The first kappa shape index (κ1) is 27.3. The number of nitrogens with zero attached hydrogens (tertiary/aromatic N) is 1. The van der Waals surface area contributed by atoms with Gasteiger partial charge in [0, 0.05) is 5.56 Å². The van der Waals surface area contributed by atoms with Crippen LogP contribution in [-0.2, 0) is 14.3 Å². The van der Waals surface area contributed by atoms with Crippen LogP contribution >= 0.6 is 0 Å². The predicted octanol–water partition coefficient (Wildman–Crippen LogP) is 3.07. The van der Waals surface area contributed by atoms with Crippen LogP contribution in [0.15, 0.2) is 47.6 Å². The summed E-state index contributed by atoms with van der Waals surface area (Å²) in [5, 5.41) is 6.61. The molecule has 0 saturated carbocycles. The molecule has 188 valence electrons. The minimum atomic E-state index is -0.859. The maximum absolute atomic E-state index is 13.1. The second kappa shape index (κ2) is 13.7. The lowest BCUT2D eigenvalue weighted by Gasteiger charge is -2.20. The van der Waals surface area contributed by atoms with Gasteiger partial charge in [-0.15, -0.1) is 0 Å². The van der Waals surface area contributed by atoms with Crippen LogP contribution in [0.4, 0.5) is 4.39 Å². The fraction of sp³-hybridized carbons (Fsp3) is 0.360. The van der Waals surface area contributed by atoms with E-state index in [1.54, 1.807) is 39.0 Å². The van der Waals surface area contributed by atoms with Gasteiger partial charge < -0.3 is 19.5 Å². The van der Waals surface area contributed by atoms with Gasteiger partial charge >= 0.3 is 5.97 Å². The predicted molar refractivity (Wildman–Crippen MR) is 128 cm³/mol. The number of carbonyl (C=O) groups excluding carboxylic acids is 3. The van der Waals surface area contributed by atoms with Crippen LogP contribution in [0.3, 0.4) is 0 Å². The number of halogens is 1. The SMILES string of the molecule is CCOC(=O)COc1ccc(/C=N/NC(=O)C(NC(=O)c2ccc(F)cc2)C(C)C)cc1OCC. The molecule has 0 aliphatic rings. The van der Waals surface area contributed by atoms with Crippen molar-refractivity contribution in [2.75, 3.05) is 19.8 Å². The van der Waals surface area contributed by atoms with E-state index >= 15 is 0 Å². The van der Waals surface area contributed by atoms with Crippen LogP contribution < -0.4 is 20.2 Å². The second-order valence-electron chi connectivity index (χ2n) is 7.67. The normalized spacial score (nSPS) is 11.7. The average molecular weight is 488 g/mol. The van der Waals surface area contributed by atoms with Gasteiger partial charge in [0.15, 0.2) is 18.1 Å². The van der Waals surface area contributed by atoms with E-state index in [9.17, 15) is 18.8 Å². The summed E-state index contributed by atoms with van der Waals surface area (Å²) >= 11 is 0. The standard InChI is InChI=1S/C25H30FN3O6/c1-5-33-21-13-17(7-12-20(21)35-15-22(30)34-6-2)14-27-29-25(32)23(16(3)4)28-24(31)18-8-10-19(26)11-9-18/h7-14,16,23H,5-6,15H2,1-4H3,(H,28,31)(H,29,32)/b27-14+. The largest absolute Gasteiger partial charge is 0.490 e. The number of benzene rings is 2. The number of rotatable bonds is 12. The molecule has 0 aliphatic carbocycles. The smallest absolute Gasteiger partial charge is 0.344 e. The summed E-state index contributed by atoms with van der Waals surface area (Å²) in [5.74, 6) is -1.42. The topological polar surface area (TPSA) is 115 Å². The molecule has 35 heavy (non-hydrogen) atoms. The van der Waals surface area contributed by atoms with E-state index in [1.165, 1.54) is 30.5 Å². The van der Waals surface area contributed by atoms with Crippen molar-refractivity contribution < 1.29 is 33.0 Å². The molecule has 2 aromatic carbocycles. The van der Waals surface area contributed by atoms with Crippen molar-refractivity contribution in [3.63, 3.8) is 0 Å². The molecule has 1 unspecified atom stereocenters. The molecular formula is C25H30FN3O6. The van der Waals surface area contributed by atoms with Crippen molar-refractivity contribution >= 4 is 24.0 Å². The van der Waals surface area contributed by atoms with Gasteiger partial charge in [0.1, 0.15) is 11.9 Å². The third-order valence-corrected chi connectivity index (χ3v) is 4.65. The van der Waals surface area contributed by atoms with Crippen molar-refractivity contribution in [3.8, 4) is 11.5 Å². The van der Waals surface area contributed by atoms with E-state index in [4.69, 9.17) is 14.2 Å². The van der Waals surface area contributed by atoms with Crippen molar-refractivity contribution in [3.05, 3.63) is 59.4 Å². The Hall–Kier alpha value is -3.95. The Balaban J connectivity index is 2.03. The van der Waals surface area contributed by atoms with Gasteiger partial charge in [-0.1, -0.05) is 13.8 Å². The van der Waals surface area contributed by atoms with Crippen LogP contribution in [0.2, 0.25) is 0 Å². The molecule has 2 amide bonds. The van der Waals surface area contributed by atoms with Crippen molar-refractivity contribution in [1.29, 1.82) is 0 Å². The first-order valence-electron chi connectivity index (χ1n) is 11.2. The Kier molecular flexibility index (Phi) is 10.7. The lowest BCUT2D eigenvalue weighted by Crippen LogP contribution is -2.48. The monoisotopic (exact) mass is 487 g/mol. The Bertz CT molecular complexity index is 1040. The molecular weight excluding hydrogens is 457 g/mol. The summed E-state index contributed by atoms with van der Waals surface area (Å²) in [5.41, 5.74) is 3.26. The molecule has 2 rings (SSSR count). The third-order valence-electron chi connectivity index (χ3n) is 4.65. The molecule has 0 spiro atoms. The maximum atomic E-state index is 13.1. The molecule has 2 aromatic rings. The zero-order valence-corrected chi connectivity index (χ0v) is 20.2. The van der Waals surface area contributed by atoms with Crippen molar-refractivity contribution in [2.45, 2.75) is 33.7 Å². The first-order chi connectivity index (χ1) is 16.7. The van der Waals surface area contributed by atoms with E-state index in [0.29, 0.717) is 23.7 Å². The highest BCUT2D eigenvalue weighted by molar-refractivity contribution is 5.97. The Labute approximate surface area is 203 Å². The molecule has 0 fully saturated rings. The molecule has 0 aliphatic heterocycles. The molecule has 0 saturated heterocycles. The molecule has 10 heteroatoms. The highest BCUT2D eigenvalue weighted by atomic mass is 19.1. The molecule has 0 radical (unpaired) electrons. The van der Waals surface area contributed by atoms with Crippen LogP contribution in [0.1, 0.15) is 43.6 Å². The lowest BCUT2D eigenvalue weighted by atomic mass is 10.0. The minimum Gasteiger partial charge on any atom is -0.490 e. The van der Waals surface area contributed by atoms with Gasteiger partial charge in [-0.05, 0) is 67.8 Å². The Morgan fingerprint density at radius 3 is 2.34 bits per heavy atom. The quantitative estimate of drug-likeness (QED) is 0.270. The molecule has 0 heterocycles. The van der Waals surface area contributed by atoms with Gasteiger partial charge in [-0.25, -0.2) is 14.6 Å². The van der Waals surface area contributed by atoms with Gasteiger partial charge in [0.05, 0.1) is 19.4 Å². The summed E-state index contributed by atoms with van der Waals surface area (Å²) in [6.45, 7) is 7.45. The maximum Gasteiger partial charge on any atom is 0.344 e. The van der Waals surface area contributed by atoms with E-state index in [-0.39, 0.29) is 24.7 Å². The summed E-state index contributed by atoms with van der Waals surface area (Å²) in [6, 6.07) is 9.11. The summed E-state index contributed by atoms with van der Waals surface area (Å²) in [4.78, 5) is 36.6. The van der Waals surface area contributed by atoms with Crippen LogP contribution in [0, 0.1) is 11.7 Å². The lowest BCUT2D eigenvalue weighted by molar-refractivity contribution is -0.145. The third kappa shape index (κ3) is 8.73. The molecule has 1 atom stereocenters. The number of amides is 2. The number of hydrogen-bond acceptors (Lipinski definition) is 7. The molecule has 0 aromatic heterocycles. The Morgan fingerprint density at radius 1 is 1.00 bits per heavy atom. The summed E-state index contributed by atoms with van der Waals surface area (Å²) in [6.07, 6.45) is 1.41. The van der Waals surface area contributed by atoms with Gasteiger partial charge in [-0.3, -0.25) is 9.59 Å². The highest BCUT2D eigenvalue weighted by Crippen LogP contribution is 2.28. The van der Waals surface area contributed by atoms with E-state index in [2.05, 4.69) is 15.8 Å². The zero-order chi connectivity index (χ0) is 25.8. The van der Waals surface area contributed by atoms with Gasteiger partial charge in [0.25, 0.3) is 11.8 Å². The van der Waals surface area contributed by atoms with E-state index in [0.717, 1.165) is 0 Å². The first-order valence-corrected chi connectivity index (χ1v) is 11.2. The summed E-state index contributed by atoms with van der Waals surface area (Å²) in [7, 11) is 0. The number of esters is 1. The number of hydrazone groups is 1. The minimum absolute atomic E-state index is 0.227. The van der Waals surface area contributed by atoms with Crippen molar-refractivity contribution in [1.82, 2.24) is 10.7 Å². The highest BCUT2D eigenvalue weighted by Gasteiger charge is 2.24. The average Bonchev–Trinajstić information content (AvgIpc) is 2.82. The number of hydrogen-bond donors (Lipinski definition) is 2. The Morgan fingerprint density at radius 2 is 1.71 bits per heavy atom. The zero-order valence-electron chi connectivity index (χ0n) is 20.2. The van der Waals surface area contributed by atoms with Crippen molar-refractivity contribution in [2.24, 2.45) is 11.0 Å². The number of nitrogens with one attached hydrogen (secondary N) is 2. The van der Waals surface area contributed by atoms with Gasteiger partial charge in [0.2, 0.25) is 0 Å².